The fourth-order valence-corrected chi connectivity index (χ4v) is 3.81. The fraction of sp³-hybridized carbons (Fsp3) is 0.304. The van der Waals surface area contributed by atoms with E-state index in [1.54, 1.807) is 0 Å². The number of anilines is 4. The molecule has 0 atom stereocenters. The summed E-state index contributed by atoms with van der Waals surface area (Å²) in [5, 5.41) is 17.4. The Balaban J connectivity index is 2.01. The zero-order valence-electron chi connectivity index (χ0n) is 17.1. The first-order valence-corrected chi connectivity index (χ1v) is 10.0. The maximum absolute atomic E-state index is 10.8. The van der Waals surface area contributed by atoms with Gasteiger partial charge >= 0.3 is 0 Å². The summed E-state index contributed by atoms with van der Waals surface area (Å²) in [5.41, 5.74) is 7.52. The summed E-state index contributed by atoms with van der Waals surface area (Å²) in [6, 6.07) is 12.6. The average Bonchev–Trinajstić information content (AvgIpc) is 2.77. The Morgan fingerprint density at radius 3 is 2.79 bits per heavy atom. The fourth-order valence-electron chi connectivity index (χ4n) is 3.81. The van der Waals surface area contributed by atoms with Crippen LogP contribution < -0.4 is 20.9 Å². The third kappa shape index (κ3) is 4.42. The van der Waals surface area contributed by atoms with Crippen molar-refractivity contribution >= 4 is 40.8 Å². The van der Waals surface area contributed by atoms with E-state index in [0.29, 0.717) is 13.0 Å². The Morgan fingerprint density at radius 1 is 1.21 bits per heavy atom. The van der Waals surface area contributed by atoms with Gasteiger partial charge in [0.15, 0.2) is 0 Å². The molecule has 0 radical (unpaired) electrons. The summed E-state index contributed by atoms with van der Waals surface area (Å²) >= 11 is 0. The number of fused-ring (bicyclic) bond motifs is 1. The highest BCUT2D eigenvalue weighted by Gasteiger charge is 2.22. The second-order valence-electron chi connectivity index (χ2n) is 6.96. The number of carbonyl (C=O) groups is 1. The second kappa shape index (κ2) is 9.78. The molecule has 1 aliphatic rings. The molecule has 6 heteroatoms. The van der Waals surface area contributed by atoms with Crippen LogP contribution in [0.25, 0.3) is 5.57 Å². The largest absolute Gasteiger partial charge is 0.393 e. The number of aryl methyl sites for hydroxylation is 1. The van der Waals surface area contributed by atoms with Crippen LogP contribution in [0.1, 0.15) is 24.0 Å². The van der Waals surface area contributed by atoms with Gasteiger partial charge in [0.2, 0.25) is 0 Å². The predicted molar refractivity (Wildman–Crippen MR) is 123 cm³/mol. The summed E-state index contributed by atoms with van der Waals surface area (Å²) < 4.78 is 0. The van der Waals surface area contributed by atoms with E-state index in [4.69, 9.17) is 5.41 Å². The zero-order chi connectivity index (χ0) is 20.6. The van der Waals surface area contributed by atoms with Crippen LogP contribution in [0.15, 0.2) is 42.6 Å². The molecular formula is C23H29N5O. The number of allylic oxidation sites excluding steroid dienone is 1. The van der Waals surface area contributed by atoms with E-state index >= 15 is 0 Å². The molecule has 0 aromatic heterocycles. The maximum atomic E-state index is 10.8. The van der Waals surface area contributed by atoms with Crippen LogP contribution in [0.3, 0.4) is 0 Å². The molecule has 4 N–H and O–H groups in total. The highest BCUT2D eigenvalue weighted by molar-refractivity contribution is 6.08. The van der Waals surface area contributed by atoms with E-state index in [0.717, 1.165) is 53.9 Å². The van der Waals surface area contributed by atoms with Crippen LogP contribution >= 0.6 is 0 Å². The molecule has 0 unspecified atom stereocenters. The molecule has 0 fully saturated rings. The van der Waals surface area contributed by atoms with Crippen molar-refractivity contribution in [2.45, 2.75) is 19.3 Å². The van der Waals surface area contributed by atoms with Crippen molar-refractivity contribution in [2.24, 2.45) is 0 Å². The highest BCUT2D eigenvalue weighted by atomic mass is 16.1. The Bertz CT molecular complexity index is 906. The van der Waals surface area contributed by atoms with Crippen molar-refractivity contribution < 1.29 is 4.79 Å². The first kappa shape index (κ1) is 20.5. The summed E-state index contributed by atoms with van der Waals surface area (Å²) in [6.07, 6.45) is 6.71. The Morgan fingerprint density at radius 2 is 2.07 bits per heavy atom. The van der Waals surface area contributed by atoms with Crippen LogP contribution in [0.4, 0.5) is 22.7 Å². The normalized spacial score (nSPS) is 13.4. The molecule has 0 bridgehead atoms. The molecule has 152 valence electrons. The van der Waals surface area contributed by atoms with Crippen molar-refractivity contribution in [3.63, 3.8) is 0 Å². The summed E-state index contributed by atoms with van der Waals surface area (Å²) in [6.45, 7) is 1.54. The molecule has 0 saturated carbocycles. The van der Waals surface area contributed by atoms with Crippen molar-refractivity contribution in [3.05, 3.63) is 53.7 Å². The van der Waals surface area contributed by atoms with Gasteiger partial charge in [0.1, 0.15) is 6.29 Å². The molecule has 0 saturated heterocycles. The minimum atomic E-state index is 0.474. The van der Waals surface area contributed by atoms with Gasteiger partial charge in [-0.05, 0) is 48.2 Å². The zero-order valence-corrected chi connectivity index (χ0v) is 17.1. The van der Waals surface area contributed by atoms with E-state index < -0.39 is 0 Å². The van der Waals surface area contributed by atoms with Gasteiger partial charge in [0, 0.05) is 57.3 Å². The number of nitrogens with zero attached hydrogens (tertiary/aromatic N) is 1. The molecule has 3 rings (SSSR count). The number of aldehydes is 1. The van der Waals surface area contributed by atoms with Crippen molar-refractivity contribution in [1.29, 1.82) is 5.41 Å². The minimum absolute atomic E-state index is 0.474. The molecule has 29 heavy (non-hydrogen) atoms. The first-order chi connectivity index (χ1) is 14.2. The molecular weight excluding hydrogens is 362 g/mol. The third-order valence-electron chi connectivity index (χ3n) is 5.15. The van der Waals surface area contributed by atoms with Crippen LogP contribution in [0.5, 0.6) is 0 Å². The quantitative estimate of drug-likeness (QED) is 0.295. The summed E-state index contributed by atoms with van der Waals surface area (Å²) in [5.74, 6) is 0. The Labute approximate surface area is 172 Å². The number of nitrogens with one attached hydrogen (secondary N) is 4. The van der Waals surface area contributed by atoms with Gasteiger partial charge in [-0.25, -0.2) is 0 Å². The SMILES string of the molecule is CN/C=C(\C=N)c1ccc2c(c1)CCCN2c1cccc(NC)c1NCCC=O. The van der Waals surface area contributed by atoms with Crippen molar-refractivity contribution in [3.8, 4) is 0 Å². The number of benzene rings is 2. The minimum Gasteiger partial charge on any atom is -0.393 e. The lowest BCUT2D eigenvalue weighted by Gasteiger charge is -2.34. The van der Waals surface area contributed by atoms with Gasteiger partial charge in [-0.3, -0.25) is 0 Å². The van der Waals surface area contributed by atoms with E-state index in [9.17, 15) is 4.79 Å². The summed E-state index contributed by atoms with van der Waals surface area (Å²) in [4.78, 5) is 13.1. The van der Waals surface area contributed by atoms with E-state index in [-0.39, 0.29) is 0 Å². The number of hydrogen-bond acceptors (Lipinski definition) is 6. The van der Waals surface area contributed by atoms with E-state index in [1.807, 2.05) is 26.4 Å². The van der Waals surface area contributed by atoms with Gasteiger partial charge in [-0.15, -0.1) is 0 Å². The second-order valence-corrected chi connectivity index (χ2v) is 6.96. The number of carbonyl (C=O) groups excluding carboxylic acids is 1. The number of rotatable bonds is 9. The van der Waals surface area contributed by atoms with Gasteiger partial charge < -0.3 is 31.1 Å². The lowest BCUT2D eigenvalue weighted by molar-refractivity contribution is -0.107. The third-order valence-corrected chi connectivity index (χ3v) is 5.15. The van der Waals surface area contributed by atoms with Gasteiger partial charge in [-0.2, -0.15) is 0 Å². The first-order valence-electron chi connectivity index (χ1n) is 10.0. The smallest absolute Gasteiger partial charge is 0.121 e. The predicted octanol–water partition coefficient (Wildman–Crippen LogP) is 4.02. The van der Waals surface area contributed by atoms with Crippen LogP contribution in [0.2, 0.25) is 0 Å². The van der Waals surface area contributed by atoms with E-state index in [1.165, 1.54) is 17.5 Å². The maximum Gasteiger partial charge on any atom is 0.121 e. The van der Waals surface area contributed by atoms with Gasteiger partial charge in [-0.1, -0.05) is 12.1 Å². The van der Waals surface area contributed by atoms with E-state index in [2.05, 4.69) is 51.2 Å². The van der Waals surface area contributed by atoms with Crippen molar-refractivity contribution in [1.82, 2.24) is 5.32 Å². The number of para-hydroxylation sites is 1. The monoisotopic (exact) mass is 391 g/mol. The molecule has 0 amide bonds. The number of hydrogen-bond donors (Lipinski definition) is 4. The highest BCUT2D eigenvalue weighted by Crippen LogP contribution is 2.41. The average molecular weight is 392 g/mol. The summed E-state index contributed by atoms with van der Waals surface area (Å²) in [7, 11) is 3.75. The van der Waals surface area contributed by atoms with Crippen LogP contribution in [-0.4, -0.2) is 39.7 Å². The topological polar surface area (TPSA) is 80.2 Å². The lowest BCUT2D eigenvalue weighted by atomic mass is 9.96. The molecule has 1 heterocycles. The molecule has 2 aromatic carbocycles. The molecule has 1 aliphatic heterocycles. The van der Waals surface area contributed by atoms with Gasteiger partial charge in [0.05, 0.1) is 17.1 Å². The lowest BCUT2D eigenvalue weighted by Crippen LogP contribution is -2.26. The Kier molecular flexibility index (Phi) is 6.89. The Hall–Kier alpha value is -3.28. The molecule has 0 aliphatic carbocycles. The molecule has 0 spiro atoms. The van der Waals surface area contributed by atoms with Crippen molar-refractivity contribution in [2.75, 3.05) is 42.7 Å². The standard InChI is InChI=1S/C23H29N5O/c1-25-16-19(15-24)17-9-10-21-18(14-17)6-4-12-28(21)22-8-3-7-20(26-2)23(22)27-11-5-13-29/h3,7-10,13-16,24-27H,4-6,11-12H2,1-2H3/b19-16+,24-15?. The van der Waals surface area contributed by atoms with Gasteiger partial charge in [0.25, 0.3) is 0 Å². The van der Waals surface area contributed by atoms with Crippen LogP contribution in [-0.2, 0) is 11.2 Å². The molecule has 2 aromatic rings. The van der Waals surface area contributed by atoms with Crippen LogP contribution in [0, 0.1) is 5.41 Å². The molecule has 6 nitrogen and oxygen atoms in total.